The molecule has 0 radical (unpaired) electrons. The van der Waals surface area contributed by atoms with Crippen LogP contribution in [0.25, 0.3) is 0 Å². The van der Waals surface area contributed by atoms with Gasteiger partial charge in [-0.3, -0.25) is 0 Å². The summed E-state index contributed by atoms with van der Waals surface area (Å²) < 4.78 is 24.7. The van der Waals surface area contributed by atoms with Crippen molar-refractivity contribution in [3.63, 3.8) is 0 Å². The molecule has 0 spiro atoms. The smallest absolute Gasteiger partial charge is 0.180 e. The fourth-order valence-electron chi connectivity index (χ4n) is 6.30. The summed E-state index contributed by atoms with van der Waals surface area (Å²) in [7, 11) is 1.61. The third-order valence-corrected chi connectivity index (χ3v) is 8.08. The van der Waals surface area contributed by atoms with E-state index in [-0.39, 0.29) is 12.4 Å². The average Bonchev–Trinajstić information content (AvgIpc) is 2.72. The molecule has 4 bridgehead atoms. The third-order valence-electron chi connectivity index (χ3n) is 7.44. The first-order valence-corrected chi connectivity index (χ1v) is 11.9. The van der Waals surface area contributed by atoms with E-state index in [4.69, 9.17) is 32.7 Å². The van der Waals surface area contributed by atoms with Gasteiger partial charge in [0.25, 0.3) is 0 Å². The van der Waals surface area contributed by atoms with E-state index in [0.717, 1.165) is 35.8 Å². The Hall–Kier alpha value is -1.49. The molecule has 0 heterocycles. The Morgan fingerprint density at radius 1 is 0.968 bits per heavy atom. The largest absolute Gasteiger partial charge is 0.493 e. The van der Waals surface area contributed by atoms with E-state index < -0.39 is 0 Å². The molecule has 166 valence electrons. The van der Waals surface area contributed by atoms with Crippen LogP contribution in [0.2, 0.25) is 10.0 Å². The second-order valence-corrected chi connectivity index (χ2v) is 10.3. The normalized spacial score (nSPS) is 28.7. The zero-order valence-corrected chi connectivity index (χ0v) is 19.2. The van der Waals surface area contributed by atoms with Crippen LogP contribution in [-0.4, -0.2) is 13.2 Å². The highest BCUT2D eigenvalue weighted by atomic mass is 35.5. The highest BCUT2D eigenvalue weighted by Crippen LogP contribution is 2.53. The van der Waals surface area contributed by atoms with Gasteiger partial charge in [-0.2, -0.15) is 0 Å². The lowest BCUT2D eigenvalue weighted by Gasteiger charge is -2.54. The van der Waals surface area contributed by atoms with E-state index in [0.29, 0.717) is 33.1 Å². The van der Waals surface area contributed by atoms with Gasteiger partial charge >= 0.3 is 0 Å². The number of ether oxygens (including phenoxy) is 2. The molecular formula is C25H28Cl2FNO2. The predicted octanol–water partition coefficient (Wildman–Crippen LogP) is 6.63. The van der Waals surface area contributed by atoms with Gasteiger partial charge in [-0.1, -0.05) is 29.3 Å². The minimum atomic E-state index is -0.375. The van der Waals surface area contributed by atoms with E-state index >= 15 is 0 Å². The monoisotopic (exact) mass is 463 g/mol. The van der Waals surface area contributed by atoms with E-state index in [1.54, 1.807) is 13.2 Å². The van der Waals surface area contributed by atoms with Gasteiger partial charge < -0.3 is 14.8 Å². The van der Waals surface area contributed by atoms with Crippen molar-refractivity contribution >= 4 is 23.2 Å². The first kappa shape index (κ1) is 21.4. The Morgan fingerprint density at radius 2 is 1.68 bits per heavy atom. The summed E-state index contributed by atoms with van der Waals surface area (Å²) in [4.78, 5) is 0. The lowest BCUT2D eigenvalue weighted by atomic mass is 9.54. The maximum Gasteiger partial charge on any atom is 0.180 e. The second-order valence-electron chi connectivity index (χ2n) is 9.47. The van der Waals surface area contributed by atoms with Crippen molar-refractivity contribution in [1.82, 2.24) is 5.32 Å². The maximum absolute atomic E-state index is 13.3. The molecule has 0 aliphatic heterocycles. The minimum absolute atomic E-state index is 0.181. The van der Waals surface area contributed by atoms with Crippen molar-refractivity contribution in [1.29, 1.82) is 0 Å². The molecule has 4 fully saturated rings. The molecule has 31 heavy (non-hydrogen) atoms. The van der Waals surface area contributed by atoms with Gasteiger partial charge in [0.2, 0.25) is 0 Å². The summed E-state index contributed by atoms with van der Waals surface area (Å²) in [5, 5.41) is 4.67. The van der Waals surface area contributed by atoms with Crippen molar-refractivity contribution in [2.75, 3.05) is 7.11 Å². The van der Waals surface area contributed by atoms with E-state index in [9.17, 15) is 4.39 Å². The fraction of sp³-hybridized carbons (Fsp3) is 0.520. The predicted molar refractivity (Wildman–Crippen MR) is 121 cm³/mol. The number of nitrogens with one attached hydrogen (secondary N) is 1. The van der Waals surface area contributed by atoms with Crippen molar-refractivity contribution < 1.29 is 13.9 Å². The average molecular weight is 464 g/mol. The molecule has 0 saturated heterocycles. The van der Waals surface area contributed by atoms with Gasteiger partial charge in [0.1, 0.15) is 12.4 Å². The minimum Gasteiger partial charge on any atom is -0.493 e. The molecule has 0 unspecified atom stereocenters. The van der Waals surface area contributed by atoms with Crippen LogP contribution in [-0.2, 0) is 13.2 Å². The van der Waals surface area contributed by atoms with Crippen LogP contribution in [0, 0.1) is 29.5 Å². The molecular weight excluding hydrogens is 436 g/mol. The number of methoxy groups -OCH3 is 1. The van der Waals surface area contributed by atoms with Gasteiger partial charge in [0.05, 0.1) is 17.2 Å². The molecule has 0 amide bonds. The first-order valence-electron chi connectivity index (χ1n) is 11.2. The summed E-state index contributed by atoms with van der Waals surface area (Å²) in [6.45, 7) is 0.952. The second kappa shape index (κ2) is 8.80. The van der Waals surface area contributed by atoms with Gasteiger partial charge in [0, 0.05) is 18.2 Å². The van der Waals surface area contributed by atoms with E-state index in [2.05, 4.69) is 5.32 Å². The molecule has 0 atom stereocenters. The van der Waals surface area contributed by atoms with Crippen LogP contribution in [0.15, 0.2) is 30.3 Å². The maximum atomic E-state index is 13.3. The molecule has 6 heteroatoms. The van der Waals surface area contributed by atoms with Gasteiger partial charge in [-0.25, -0.2) is 4.39 Å². The van der Waals surface area contributed by atoms with Crippen LogP contribution in [0.3, 0.4) is 0 Å². The topological polar surface area (TPSA) is 30.5 Å². The Labute approximate surface area is 193 Å². The fourth-order valence-corrected chi connectivity index (χ4v) is 6.81. The van der Waals surface area contributed by atoms with Crippen LogP contribution in [0.4, 0.5) is 4.39 Å². The van der Waals surface area contributed by atoms with Crippen molar-refractivity contribution in [2.24, 2.45) is 23.7 Å². The summed E-state index contributed by atoms with van der Waals surface area (Å²) in [6.07, 6.45) is 7.05. The Bertz CT molecular complexity index is 939. The summed E-state index contributed by atoms with van der Waals surface area (Å²) in [5.41, 5.74) is 1.77. The van der Waals surface area contributed by atoms with Crippen molar-refractivity contribution in [2.45, 2.75) is 51.3 Å². The highest BCUT2D eigenvalue weighted by Gasteiger charge is 2.47. The first-order chi connectivity index (χ1) is 15.0. The van der Waals surface area contributed by atoms with Crippen LogP contribution < -0.4 is 14.8 Å². The lowest BCUT2D eigenvalue weighted by Crippen LogP contribution is -2.54. The Morgan fingerprint density at radius 3 is 2.32 bits per heavy atom. The molecule has 2 aromatic rings. The van der Waals surface area contributed by atoms with E-state index in [1.165, 1.54) is 44.2 Å². The van der Waals surface area contributed by atoms with Gasteiger partial charge in [0.15, 0.2) is 11.5 Å². The van der Waals surface area contributed by atoms with Gasteiger partial charge in [-0.05, 0) is 85.6 Å². The summed E-state index contributed by atoms with van der Waals surface area (Å²) in [5.74, 6) is 4.30. The van der Waals surface area contributed by atoms with Crippen molar-refractivity contribution in [3.8, 4) is 11.5 Å². The molecule has 6 rings (SSSR count). The molecule has 1 N–H and O–H groups in total. The van der Waals surface area contributed by atoms with Crippen LogP contribution >= 0.6 is 23.2 Å². The zero-order chi connectivity index (χ0) is 21.5. The quantitative estimate of drug-likeness (QED) is 0.499. The number of benzene rings is 2. The standard InChI is InChI=1S/C25H28Cl2FNO2/c1-30-23-10-16(12-29-24-18-5-14-4-15(7-18)8-19(24)6-14)9-22(27)25(23)31-13-17-2-3-20(28)11-21(17)26/h2-3,9-11,14-15,18-19,24,29H,4-8,12-13H2,1H3. The zero-order valence-electron chi connectivity index (χ0n) is 17.7. The lowest BCUT2D eigenvalue weighted by molar-refractivity contribution is -0.0142. The van der Waals surface area contributed by atoms with E-state index in [1.807, 2.05) is 12.1 Å². The SMILES string of the molecule is COc1cc(CNC2C3CC4CC(C3)CC2C4)cc(Cl)c1OCc1ccc(F)cc1Cl. The number of hydrogen-bond donors (Lipinski definition) is 1. The number of rotatable bonds is 7. The Kier molecular flexibility index (Phi) is 6.07. The third kappa shape index (κ3) is 4.40. The van der Waals surface area contributed by atoms with Crippen LogP contribution in [0.5, 0.6) is 11.5 Å². The number of hydrogen-bond acceptors (Lipinski definition) is 3. The summed E-state index contributed by atoms with van der Waals surface area (Å²) in [6, 6.07) is 8.79. The molecule has 4 aliphatic carbocycles. The molecule has 3 nitrogen and oxygen atoms in total. The van der Waals surface area contributed by atoms with Gasteiger partial charge in [-0.15, -0.1) is 0 Å². The Balaban J connectivity index is 1.26. The number of halogens is 3. The summed E-state index contributed by atoms with van der Waals surface area (Å²) >= 11 is 12.7. The van der Waals surface area contributed by atoms with Crippen molar-refractivity contribution in [3.05, 3.63) is 57.3 Å². The molecule has 0 aromatic heterocycles. The van der Waals surface area contributed by atoms with Crippen LogP contribution in [0.1, 0.15) is 43.2 Å². The highest BCUT2D eigenvalue weighted by molar-refractivity contribution is 6.32. The molecule has 2 aromatic carbocycles. The molecule has 4 saturated carbocycles. The molecule has 4 aliphatic rings.